The van der Waals surface area contributed by atoms with Gasteiger partial charge in [0.1, 0.15) is 5.82 Å². The smallest absolute Gasteiger partial charge is 0.312 e. The number of benzene rings is 2. The number of carbonyl (C=O) groups excluding carboxylic acids is 2. The highest BCUT2D eigenvalue weighted by atomic mass is 79.9. The van der Waals surface area contributed by atoms with Crippen molar-refractivity contribution in [2.24, 2.45) is 5.73 Å². The molecule has 0 fully saturated rings. The Labute approximate surface area is 154 Å². The molecule has 3 N–H and O–H groups in total. The maximum absolute atomic E-state index is 13.7. The lowest BCUT2D eigenvalue weighted by Crippen LogP contribution is -2.37. The van der Waals surface area contributed by atoms with Crippen molar-refractivity contribution in [2.45, 2.75) is 19.0 Å². The Bertz CT molecular complexity index is 752. The summed E-state index contributed by atoms with van der Waals surface area (Å²) in [7, 11) is 1.59. The second-order valence-corrected chi connectivity index (χ2v) is 6.57. The van der Waals surface area contributed by atoms with Crippen molar-refractivity contribution >= 4 is 27.9 Å². The van der Waals surface area contributed by atoms with E-state index in [1.165, 1.54) is 11.0 Å². The molecular formula is C18H19BrFN3O2. The minimum absolute atomic E-state index is 0.0233. The molecule has 2 aromatic rings. The summed E-state index contributed by atoms with van der Waals surface area (Å²) in [6.45, 7) is 0.148. The van der Waals surface area contributed by atoms with Crippen molar-refractivity contribution in [3.8, 4) is 0 Å². The molecule has 0 bridgehead atoms. The van der Waals surface area contributed by atoms with Gasteiger partial charge in [-0.1, -0.05) is 46.3 Å². The molecule has 1 unspecified atom stereocenters. The van der Waals surface area contributed by atoms with E-state index in [-0.39, 0.29) is 24.7 Å². The molecule has 0 heterocycles. The number of nitrogens with zero attached hydrogens (tertiary/aromatic N) is 1. The lowest BCUT2D eigenvalue weighted by atomic mass is 10.0. The quantitative estimate of drug-likeness (QED) is 0.770. The highest BCUT2D eigenvalue weighted by Gasteiger charge is 2.20. The Kier molecular flexibility index (Phi) is 6.52. The second kappa shape index (κ2) is 8.62. The molecule has 0 saturated heterocycles. The van der Waals surface area contributed by atoms with Gasteiger partial charge in [-0.3, -0.25) is 4.79 Å². The average molecular weight is 408 g/mol. The number of carbonyl (C=O) groups is 2. The lowest BCUT2D eigenvalue weighted by molar-refractivity contribution is -0.130. The van der Waals surface area contributed by atoms with Crippen LogP contribution in [-0.4, -0.2) is 23.9 Å². The van der Waals surface area contributed by atoms with E-state index in [9.17, 15) is 14.0 Å². The van der Waals surface area contributed by atoms with Gasteiger partial charge < -0.3 is 16.0 Å². The monoisotopic (exact) mass is 407 g/mol. The second-order valence-electron chi connectivity index (χ2n) is 5.66. The fourth-order valence-electron chi connectivity index (χ4n) is 2.42. The first-order valence-corrected chi connectivity index (χ1v) is 8.45. The van der Waals surface area contributed by atoms with Gasteiger partial charge in [-0.15, -0.1) is 0 Å². The summed E-state index contributed by atoms with van der Waals surface area (Å²) in [5, 5.41) is 2.58. The average Bonchev–Trinajstić information content (AvgIpc) is 2.56. The zero-order valence-electron chi connectivity index (χ0n) is 13.7. The SMILES string of the molecule is CN(Cc1ccccc1F)C(=O)CC(NC(N)=O)c1ccc(Br)cc1. The molecule has 0 spiro atoms. The molecule has 0 aromatic heterocycles. The van der Waals surface area contributed by atoms with Crippen LogP contribution < -0.4 is 11.1 Å². The maximum Gasteiger partial charge on any atom is 0.312 e. The van der Waals surface area contributed by atoms with E-state index in [0.717, 1.165) is 10.0 Å². The molecule has 0 aliphatic carbocycles. The van der Waals surface area contributed by atoms with E-state index in [1.54, 1.807) is 37.4 Å². The van der Waals surface area contributed by atoms with Crippen molar-refractivity contribution in [2.75, 3.05) is 7.05 Å². The topological polar surface area (TPSA) is 75.4 Å². The summed E-state index contributed by atoms with van der Waals surface area (Å²) < 4.78 is 14.6. The third-order valence-electron chi connectivity index (χ3n) is 3.76. The lowest BCUT2D eigenvalue weighted by Gasteiger charge is -2.22. The highest BCUT2D eigenvalue weighted by Crippen LogP contribution is 2.21. The molecule has 25 heavy (non-hydrogen) atoms. The van der Waals surface area contributed by atoms with Crippen LogP contribution in [0.2, 0.25) is 0 Å². The van der Waals surface area contributed by atoms with Gasteiger partial charge in [0.05, 0.1) is 12.5 Å². The third kappa shape index (κ3) is 5.56. The Morgan fingerprint density at radius 2 is 1.84 bits per heavy atom. The van der Waals surface area contributed by atoms with Crippen LogP contribution in [0.3, 0.4) is 0 Å². The fourth-order valence-corrected chi connectivity index (χ4v) is 2.68. The molecular weight excluding hydrogens is 389 g/mol. The van der Waals surface area contributed by atoms with Crippen LogP contribution in [0, 0.1) is 5.82 Å². The van der Waals surface area contributed by atoms with Crippen molar-refractivity contribution in [3.05, 3.63) is 69.9 Å². The highest BCUT2D eigenvalue weighted by molar-refractivity contribution is 9.10. The number of hydrogen-bond donors (Lipinski definition) is 2. The zero-order chi connectivity index (χ0) is 18.4. The van der Waals surface area contributed by atoms with Crippen LogP contribution in [0.1, 0.15) is 23.6 Å². The molecule has 2 aromatic carbocycles. The van der Waals surface area contributed by atoms with E-state index >= 15 is 0 Å². The molecule has 0 aliphatic heterocycles. The van der Waals surface area contributed by atoms with Gasteiger partial charge in [0, 0.05) is 23.6 Å². The minimum Gasteiger partial charge on any atom is -0.352 e. The first-order chi connectivity index (χ1) is 11.9. The number of rotatable bonds is 6. The summed E-state index contributed by atoms with van der Waals surface area (Å²) in [5.74, 6) is -0.591. The Morgan fingerprint density at radius 1 is 1.20 bits per heavy atom. The molecule has 132 valence electrons. The number of urea groups is 1. The Balaban J connectivity index is 2.09. The van der Waals surface area contributed by atoms with E-state index < -0.39 is 12.1 Å². The van der Waals surface area contributed by atoms with Gasteiger partial charge in [-0.05, 0) is 23.8 Å². The molecule has 0 saturated carbocycles. The van der Waals surface area contributed by atoms with E-state index in [2.05, 4.69) is 21.2 Å². The van der Waals surface area contributed by atoms with E-state index in [1.807, 2.05) is 12.1 Å². The number of halogens is 2. The first-order valence-electron chi connectivity index (χ1n) is 7.65. The number of nitrogens with one attached hydrogen (secondary N) is 1. The first kappa shape index (κ1) is 18.9. The van der Waals surface area contributed by atoms with Crippen molar-refractivity contribution in [1.82, 2.24) is 10.2 Å². The van der Waals surface area contributed by atoms with E-state index in [4.69, 9.17) is 5.73 Å². The zero-order valence-corrected chi connectivity index (χ0v) is 15.3. The predicted molar refractivity (Wildman–Crippen MR) is 97.1 cm³/mol. The molecule has 2 rings (SSSR count). The molecule has 5 nitrogen and oxygen atoms in total. The Hall–Kier alpha value is -2.41. The normalized spacial score (nSPS) is 11.6. The van der Waals surface area contributed by atoms with Gasteiger partial charge >= 0.3 is 6.03 Å². The van der Waals surface area contributed by atoms with Crippen LogP contribution in [0.25, 0.3) is 0 Å². The number of nitrogens with two attached hydrogens (primary N) is 1. The largest absolute Gasteiger partial charge is 0.352 e. The van der Waals surface area contributed by atoms with Crippen LogP contribution >= 0.6 is 15.9 Å². The summed E-state index contributed by atoms with van der Waals surface area (Å²) >= 11 is 3.34. The summed E-state index contributed by atoms with van der Waals surface area (Å²) in [6, 6.07) is 12.3. The predicted octanol–water partition coefficient (Wildman–Crippen LogP) is 3.35. The van der Waals surface area contributed by atoms with Crippen LogP contribution in [-0.2, 0) is 11.3 Å². The molecule has 7 heteroatoms. The maximum atomic E-state index is 13.7. The molecule has 0 aliphatic rings. The van der Waals surface area contributed by atoms with Crippen LogP contribution in [0.15, 0.2) is 53.0 Å². The van der Waals surface area contributed by atoms with Gasteiger partial charge in [-0.25, -0.2) is 9.18 Å². The van der Waals surface area contributed by atoms with Gasteiger partial charge in [0.25, 0.3) is 0 Å². The van der Waals surface area contributed by atoms with Crippen LogP contribution in [0.4, 0.5) is 9.18 Å². The summed E-state index contributed by atoms with van der Waals surface area (Å²) in [6.07, 6.45) is 0.0233. The van der Waals surface area contributed by atoms with Gasteiger partial charge in [-0.2, -0.15) is 0 Å². The minimum atomic E-state index is -0.711. The molecule has 0 radical (unpaired) electrons. The van der Waals surface area contributed by atoms with Crippen LogP contribution in [0.5, 0.6) is 0 Å². The number of amides is 3. The number of primary amides is 1. The standard InChI is InChI=1S/C18H19BrFN3O2/c1-23(11-13-4-2-3-5-15(13)20)17(24)10-16(22-18(21)25)12-6-8-14(19)9-7-12/h2-9,16H,10-11H2,1H3,(H3,21,22,25). The summed E-state index contributed by atoms with van der Waals surface area (Å²) in [4.78, 5) is 25.2. The number of hydrogen-bond acceptors (Lipinski definition) is 2. The summed E-state index contributed by atoms with van der Waals surface area (Å²) in [5.41, 5.74) is 6.41. The van der Waals surface area contributed by atoms with Crippen molar-refractivity contribution < 1.29 is 14.0 Å². The third-order valence-corrected chi connectivity index (χ3v) is 4.29. The Morgan fingerprint density at radius 3 is 2.44 bits per heavy atom. The van der Waals surface area contributed by atoms with Crippen molar-refractivity contribution in [1.29, 1.82) is 0 Å². The van der Waals surface area contributed by atoms with Crippen molar-refractivity contribution in [3.63, 3.8) is 0 Å². The molecule has 3 amide bonds. The van der Waals surface area contributed by atoms with Gasteiger partial charge in [0.15, 0.2) is 0 Å². The molecule has 1 atom stereocenters. The fraction of sp³-hybridized carbons (Fsp3) is 0.222. The van der Waals surface area contributed by atoms with Gasteiger partial charge in [0.2, 0.25) is 5.91 Å². The van der Waals surface area contributed by atoms with E-state index in [0.29, 0.717) is 5.56 Å².